The van der Waals surface area contributed by atoms with Crippen LogP contribution in [0.25, 0.3) is 11.1 Å². The van der Waals surface area contributed by atoms with Gasteiger partial charge in [0.15, 0.2) is 0 Å². The van der Waals surface area contributed by atoms with Crippen molar-refractivity contribution in [3.63, 3.8) is 0 Å². The Hall–Kier alpha value is -4.01. The second-order valence-electron chi connectivity index (χ2n) is 9.44. The van der Waals surface area contributed by atoms with Crippen molar-refractivity contribution in [2.75, 3.05) is 19.8 Å². The van der Waals surface area contributed by atoms with Crippen LogP contribution in [0.4, 0.5) is 9.59 Å². The summed E-state index contributed by atoms with van der Waals surface area (Å²) in [7, 11) is 0. The number of hydrogen-bond acceptors (Lipinski definition) is 6. The van der Waals surface area contributed by atoms with Crippen molar-refractivity contribution in [2.45, 2.75) is 44.9 Å². The zero-order valence-corrected chi connectivity index (χ0v) is 20.7. The van der Waals surface area contributed by atoms with Crippen molar-refractivity contribution in [3.05, 3.63) is 66.7 Å². The molecular weight excluding hydrogens is 464 g/mol. The van der Waals surface area contributed by atoms with Crippen LogP contribution < -0.4 is 10.1 Å². The molecule has 1 aliphatic heterocycles. The minimum Gasteiger partial charge on any atom is -0.491 e. The van der Waals surface area contributed by atoms with Crippen LogP contribution in [0.2, 0.25) is 0 Å². The number of nitrogens with zero attached hydrogens (tertiary/aromatic N) is 1. The number of aromatic carboxylic acids is 1. The maximum Gasteiger partial charge on any atom is 0.410 e. The number of para-hydroxylation sites is 1. The number of carbonyl (C=O) groups excluding carboxylic acids is 2. The summed E-state index contributed by atoms with van der Waals surface area (Å²) in [6.45, 7) is 9.35. The molecule has 3 rings (SSSR count). The highest BCUT2D eigenvalue weighted by Gasteiger charge is 2.38. The summed E-state index contributed by atoms with van der Waals surface area (Å²) in [6.07, 6.45) is 0.841. The number of ether oxygens (including phenoxy) is 3. The van der Waals surface area contributed by atoms with E-state index in [1.807, 2.05) is 24.3 Å². The lowest BCUT2D eigenvalue weighted by molar-refractivity contribution is 0.0503. The van der Waals surface area contributed by atoms with Gasteiger partial charge in [-0.25, -0.2) is 14.4 Å². The second-order valence-corrected chi connectivity index (χ2v) is 9.44. The Balaban J connectivity index is 1.75. The van der Waals surface area contributed by atoms with Gasteiger partial charge in [-0.05, 0) is 51.0 Å². The SMILES string of the molecule is C=CCOC(=O)N1C[C@@H](NC(=O)OC(C)(C)C)C[C@H]1COc1ccccc1-c1cccc(C(=O)O)c1. The molecule has 0 bridgehead atoms. The normalized spacial score (nSPS) is 17.2. The summed E-state index contributed by atoms with van der Waals surface area (Å²) in [6, 6.07) is 13.2. The summed E-state index contributed by atoms with van der Waals surface area (Å²) >= 11 is 0. The third-order valence-electron chi connectivity index (χ3n) is 5.43. The molecule has 9 heteroatoms. The monoisotopic (exact) mass is 496 g/mol. The maximum absolute atomic E-state index is 12.7. The van der Waals surface area contributed by atoms with Crippen LogP contribution in [-0.2, 0) is 9.47 Å². The van der Waals surface area contributed by atoms with Crippen LogP contribution in [0.15, 0.2) is 61.2 Å². The van der Waals surface area contributed by atoms with Crippen molar-refractivity contribution in [3.8, 4) is 16.9 Å². The van der Waals surface area contributed by atoms with Gasteiger partial charge in [0.25, 0.3) is 0 Å². The molecule has 2 N–H and O–H groups in total. The van der Waals surface area contributed by atoms with E-state index in [9.17, 15) is 19.5 Å². The fraction of sp³-hybridized carbons (Fsp3) is 0.370. The Bertz CT molecular complexity index is 1110. The first-order valence-electron chi connectivity index (χ1n) is 11.7. The smallest absolute Gasteiger partial charge is 0.410 e. The van der Waals surface area contributed by atoms with Crippen molar-refractivity contribution in [1.29, 1.82) is 0 Å². The molecule has 1 aliphatic rings. The van der Waals surface area contributed by atoms with Crippen LogP contribution in [0.5, 0.6) is 5.75 Å². The molecule has 1 heterocycles. The van der Waals surface area contributed by atoms with E-state index in [0.717, 1.165) is 5.56 Å². The molecule has 0 aromatic heterocycles. The third-order valence-corrected chi connectivity index (χ3v) is 5.43. The summed E-state index contributed by atoms with van der Waals surface area (Å²) in [4.78, 5) is 37.9. The molecule has 0 unspecified atom stereocenters. The zero-order valence-electron chi connectivity index (χ0n) is 20.7. The molecule has 0 radical (unpaired) electrons. The van der Waals surface area contributed by atoms with E-state index in [4.69, 9.17) is 14.2 Å². The highest BCUT2D eigenvalue weighted by Crippen LogP contribution is 2.31. The Labute approximate surface area is 210 Å². The molecule has 9 nitrogen and oxygen atoms in total. The third kappa shape index (κ3) is 7.24. The Morgan fingerprint density at radius 3 is 2.61 bits per heavy atom. The van der Waals surface area contributed by atoms with Gasteiger partial charge < -0.3 is 24.6 Å². The molecule has 36 heavy (non-hydrogen) atoms. The topological polar surface area (TPSA) is 114 Å². The first-order valence-corrected chi connectivity index (χ1v) is 11.7. The van der Waals surface area contributed by atoms with Gasteiger partial charge in [0.1, 0.15) is 24.6 Å². The van der Waals surface area contributed by atoms with E-state index in [1.165, 1.54) is 17.0 Å². The van der Waals surface area contributed by atoms with Crippen LogP contribution in [-0.4, -0.2) is 65.6 Å². The molecule has 0 aliphatic carbocycles. The summed E-state index contributed by atoms with van der Waals surface area (Å²) < 4.78 is 16.7. The number of carboxylic acids is 1. The predicted molar refractivity (Wildman–Crippen MR) is 134 cm³/mol. The van der Waals surface area contributed by atoms with Crippen molar-refractivity contribution < 1.29 is 33.7 Å². The van der Waals surface area contributed by atoms with E-state index in [0.29, 0.717) is 17.7 Å². The van der Waals surface area contributed by atoms with E-state index < -0.39 is 23.8 Å². The number of carbonyl (C=O) groups is 3. The zero-order chi connectivity index (χ0) is 26.3. The fourth-order valence-corrected chi connectivity index (χ4v) is 3.93. The second kappa shape index (κ2) is 11.6. The molecule has 2 aromatic rings. The average molecular weight is 497 g/mol. The quantitative estimate of drug-likeness (QED) is 0.508. The Morgan fingerprint density at radius 2 is 1.92 bits per heavy atom. The number of nitrogens with one attached hydrogen (secondary N) is 1. The number of benzene rings is 2. The molecule has 1 fully saturated rings. The van der Waals surface area contributed by atoms with Gasteiger partial charge in [-0.15, -0.1) is 0 Å². The average Bonchev–Trinajstić information content (AvgIpc) is 3.22. The Morgan fingerprint density at radius 1 is 1.17 bits per heavy atom. The number of rotatable bonds is 8. The summed E-state index contributed by atoms with van der Waals surface area (Å²) in [5.74, 6) is -0.471. The van der Waals surface area contributed by atoms with Crippen molar-refractivity contribution in [2.24, 2.45) is 0 Å². The number of likely N-dealkylation sites (tertiary alicyclic amines) is 1. The predicted octanol–water partition coefficient (Wildman–Crippen LogP) is 4.72. The van der Waals surface area contributed by atoms with Crippen LogP contribution >= 0.6 is 0 Å². The lowest BCUT2D eigenvalue weighted by Gasteiger charge is -2.24. The molecule has 2 aromatic carbocycles. The molecule has 0 saturated carbocycles. The van der Waals surface area contributed by atoms with E-state index >= 15 is 0 Å². The molecule has 2 amide bonds. The first kappa shape index (κ1) is 26.6. The van der Waals surface area contributed by atoms with Gasteiger partial charge in [0, 0.05) is 12.1 Å². The number of alkyl carbamates (subject to hydrolysis) is 1. The van der Waals surface area contributed by atoms with E-state index in [-0.39, 0.29) is 37.4 Å². The highest BCUT2D eigenvalue weighted by molar-refractivity contribution is 5.89. The number of hydrogen-bond donors (Lipinski definition) is 2. The van der Waals surface area contributed by atoms with Gasteiger partial charge in [-0.2, -0.15) is 0 Å². The van der Waals surface area contributed by atoms with E-state index in [2.05, 4.69) is 11.9 Å². The van der Waals surface area contributed by atoms with E-state index in [1.54, 1.807) is 39.0 Å². The standard InChI is InChI=1S/C27H32N2O7/c1-5-13-34-26(33)29-16-20(28-25(32)36-27(2,3)4)15-21(29)17-35-23-12-7-6-11-22(23)18-9-8-10-19(14-18)24(30)31/h5-12,14,20-21H,1,13,15-17H2,2-4H3,(H,28,32)(H,30,31)/t20-,21-/m0/s1. The van der Waals surface area contributed by atoms with Crippen LogP contribution in [0.1, 0.15) is 37.6 Å². The van der Waals surface area contributed by atoms with Gasteiger partial charge >= 0.3 is 18.2 Å². The molecule has 2 atom stereocenters. The fourth-order valence-electron chi connectivity index (χ4n) is 3.93. The number of carboxylic acid groups (broad SMARTS) is 1. The Kier molecular flexibility index (Phi) is 8.58. The minimum atomic E-state index is -1.02. The maximum atomic E-state index is 12.7. The summed E-state index contributed by atoms with van der Waals surface area (Å²) in [5.41, 5.74) is 0.951. The first-order chi connectivity index (χ1) is 17.1. The highest BCUT2D eigenvalue weighted by atomic mass is 16.6. The summed E-state index contributed by atoms with van der Waals surface area (Å²) in [5, 5.41) is 12.2. The molecule has 1 saturated heterocycles. The minimum absolute atomic E-state index is 0.0653. The lowest BCUT2D eigenvalue weighted by atomic mass is 10.0. The molecular formula is C27H32N2O7. The van der Waals surface area contributed by atoms with Crippen LogP contribution in [0.3, 0.4) is 0 Å². The largest absolute Gasteiger partial charge is 0.491 e. The van der Waals surface area contributed by atoms with Gasteiger partial charge in [0.2, 0.25) is 0 Å². The lowest BCUT2D eigenvalue weighted by Crippen LogP contribution is -2.42. The molecule has 0 spiro atoms. The van der Waals surface area contributed by atoms with Crippen molar-refractivity contribution >= 4 is 18.2 Å². The van der Waals surface area contributed by atoms with Gasteiger partial charge in [-0.1, -0.05) is 43.0 Å². The van der Waals surface area contributed by atoms with Crippen LogP contribution in [0, 0.1) is 0 Å². The molecule has 192 valence electrons. The van der Waals surface area contributed by atoms with Gasteiger partial charge in [0.05, 0.1) is 17.6 Å². The number of amides is 2. The van der Waals surface area contributed by atoms with Crippen molar-refractivity contribution in [1.82, 2.24) is 10.2 Å². The van der Waals surface area contributed by atoms with Gasteiger partial charge in [-0.3, -0.25) is 4.90 Å².